The standard InChI is InChI=1S/C22H27ClN2O5S/c1-16-3-4-19(15-21(16)23)30-14-11-24-22(26)17-9-12-25(13-10-17)31(27,28)20-7-5-18(29-2)6-8-20/h3-8,15,17H,9-14H2,1-2H3,(H,24,26). The van der Waals surface area contributed by atoms with Gasteiger partial charge in [-0.2, -0.15) is 4.31 Å². The smallest absolute Gasteiger partial charge is 0.243 e. The monoisotopic (exact) mass is 466 g/mol. The molecule has 1 N–H and O–H groups in total. The maximum atomic E-state index is 12.8. The minimum Gasteiger partial charge on any atom is -0.497 e. The summed E-state index contributed by atoms with van der Waals surface area (Å²) in [4.78, 5) is 12.7. The molecule has 1 aliphatic rings. The molecule has 0 spiro atoms. The number of carbonyl (C=O) groups excluding carboxylic acids is 1. The maximum absolute atomic E-state index is 12.8. The molecular weight excluding hydrogens is 440 g/mol. The van der Waals surface area contributed by atoms with Crippen molar-refractivity contribution < 1.29 is 22.7 Å². The summed E-state index contributed by atoms with van der Waals surface area (Å²) in [5, 5.41) is 3.50. The lowest BCUT2D eigenvalue weighted by atomic mass is 9.97. The summed E-state index contributed by atoms with van der Waals surface area (Å²) in [5.74, 6) is 0.967. The molecule has 9 heteroatoms. The molecule has 2 aromatic carbocycles. The topological polar surface area (TPSA) is 84.9 Å². The van der Waals surface area contributed by atoms with Crippen LogP contribution in [0.3, 0.4) is 0 Å². The summed E-state index contributed by atoms with van der Waals surface area (Å²) in [5.41, 5.74) is 0.975. The number of halogens is 1. The molecule has 1 aliphatic heterocycles. The Morgan fingerprint density at radius 1 is 1.13 bits per heavy atom. The molecule has 0 atom stereocenters. The number of rotatable bonds is 8. The van der Waals surface area contributed by atoms with Crippen molar-refractivity contribution in [1.82, 2.24) is 9.62 Å². The first kappa shape index (κ1) is 23.4. The number of benzene rings is 2. The van der Waals surface area contributed by atoms with Crippen molar-refractivity contribution in [3.05, 3.63) is 53.1 Å². The van der Waals surface area contributed by atoms with Crippen molar-refractivity contribution in [3.8, 4) is 11.5 Å². The summed E-state index contributed by atoms with van der Waals surface area (Å²) in [6.07, 6.45) is 0.964. The summed E-state index contributed by atoms with van der Waals surface area (Å²) in [7, 11) is -2.05. The Hall–Kier alpha value is -2.29. The van der Waals surface area contributed by atoms with Gasteiger partial charge in [-0.3, -0.25) is 4.79 Å². The van der Waals surface area contributed by atoms with E-state index in [9.17, 15) is 13.2 Å². The maximum Gasteiger partial charge on any atom is 0.243 e. The van der Waals surface area contributed by atoms with E-state index in [0.29, 0.717) is 55.6 Å². The Kier molecular flexibility index (Phi) is 7.80. The minimum absolute atomic E-state index is 0.0768. The Balaban J connectivity index is 1.44. The highest BCUT2D eigenvalue weighted by Gasteiger charge is 2.32. The second-order valence-electron chi connectivity index (χ2n) is 7.40. The van der Waals surface area contributed by atoms with Gasteiger partial charge in [-0.15, -0.1) is 0 Å². The quantitative estimate of drug-likeness (QED) is 0.603. The van der Waals surface area contributed by atoms with Gasteiger partial charge in [0, 0.05) is 24.0 Å². The van der Waals surface area contributed by atoms with Crippen LogP contribution >= 0.6 is 11.6 Å². The highest BCUT2D eigenvalue weighted by molar-refractivity contribution is 7.89. The van der Waals surface area contributed by atoms with Crippen LogP contribution < -0.4 is 14.8 Å². The number of ether oxygens (including phenoxy) is 2. The van der Waals surface area contributed by atoms with Gasteiger partial charge < -0.3 is 14.8 Å². The normalized spacial score (nSPS) is 15.5. The van der Waals surface area contributed by atoms with Crippen LogP contribution in [0.15, 0.2) is 47.4 Å². The van der Waals surface area contributed by atoms with E-state index in [4.69, 9.17) is 21.1 Å². The zero-order chi connectivity index (χ0) is 22.4. The van der Waals surface area contributed by atoms with E-state index in [1.54, 1.807) is 18.2 Å². The highest BCUT2D eigenvalue weighted by Crippen LogP contribution is 2.25. The van der Waals surface area contributed by atoms with Crippen molar-refractivity contribution >= 4 is 27.5 Å². The van der Waals surface area contributed by atoms with Crippen LogP contribution in [0, 0.1) is 12.8 Å². The number of nitrogens with one attached hydrogen (secondary N) is 1. The van der Waals surface area contributed by atoms with Crippen molar-refractivity contribution in [3.63, 3.8) is 0 Å². The van der Waals surface area contributed by atoms with Crippen LogP contribution in [0.2, 0.25) is 5.02 Å². The zero-order valence-electron chi connectivity index (χ0n) is 17.6. The fourth-order valence-corrected chi connectivity index (χ4v) is 5.05. The number of methoxy groups -OCH3 is 1. The second kappa shape index (κ2) is 10.3. The largest absolute Gasteiger partial charge is 0.497 e. The Labute approximate surface area is 188 Å². The van der Waals surface area contributed by atoms with Gasteiger partial charge in [0.2, 0.25) is 15.9 Å². The molecule has 0 saturated carbocycles. The molecule has 0 aromatic heterocycles. The molecule has 0 aliphatic carbocycles. The highest BCUT2D eigenvalue weighted by atomic mass is 35.5. The van der Waals surface area contributed by atoms with Crippen LogP contribution in [-0.4, -0.2) is 52.0 Å². The van der Waals surface area contributed by atoms with E-state index in [2.05, 4.69) is 5.32 Å². The minimum atomic E-state index is -3.58. The van der Waals surface area contributed by atoms with E-state index < -0.39 is 10.0 Å². The number of carbonyl (C=O) groups is 1. The second-order valence-corrected chi connectivity index (χ2v) is 9.75. The summed E-state index contributed by atoms with van der Waals surface area (Å²) in [6.45, 7) is 3.24. The Morgan fingerprint density at radius 3 is 2.39 bits per heavy atom. The molecule has 2 aromatic rings. The SMILES string of the molecule is COc1ccc(S(=O)(=O)N2CCC(C(=O)NCCOc3ccc(C)c(Cl)c3)CC2)cc1. The van der Waals surface area contributed by atoms with E-state index in [1.807, 2.05) is 19.1 Å². The molecule has 1 amide bonds. The molecule has 0 unspecified atom stereocenters. The molecule has 1 fully saturated rings. The number of sulfonamides is 1. The lowest BCUT2D eigenvalue weighted by Gasteiger charge is -2.30. The van der Waals surface area contributed by atoms with Crippen molar-refractivity contribution in [2.75, 3.05) is 33.4 Å². The van der Waals surface area contributed by atoms with Gasteiger partial charge in [0.05, 0.1) is 18.6 Å². The molecule has 1 heterocycles. The number of amides is 1. The molecule has 3 rings (SSSR count). The van der Waals surface area contributed by atoms with Crippen LogP contribution in [0.25, 0.3) is 0 Å². The number of piperidine rings is 1. The zero-order valence-corrected chi connectivity index (χ0v) is 19.2. The third-order valence-corrected chi connectivity index (χ3v) is 7.66. The fourth-order valence-electron chi connectivity index (χ4n) is 3.41. The lowest BCUT2D eigenvalue weighted by molar-refractivity contribution is -0.126. The summed E-state index contributed by atoms with van der Waals surface area (Å²) < 4.78 is 37.7. The van der Waals surface area contributed by atoms with Gasteiger partial charge in [0.15, 0.2) is 0 Å². The summed E-state index contributed by atoms with van der Waals surface area (Å²) in [6, 6.07) is 11.8. The number of hydrogen-bond donors (Lipinski definition) is 1. The lowest BCUT2D eigenvalue weighted by Crippen LogP contribution is -2.43. The average molecular weight is 467 g/mol. The molecular formula is C22H27ClN2O5S. The van der Waals surface area contributed by atoms with Crippen LogP contribution in [-0.2, 0) is 14.8 Å². The van der Waals surface area contributed by atoms with Gasteiger partial charge >= 0.3 is 0 Å². The summed E-state index contributed by atoms with van der Waals surface area (Å²) >= 11 is 6.07. The van der Waals surface area contributed by atoms with Crippen molar-refractivity contribution in [2.24, 2.45) is 5.92 Å². The van der Waals surface area contributed by atoms with E-state index >= 15 is 0 Å². The molecule has 168 valence electrons. The van der Waals surface area contributed by atoms with Crippen LogP contribution in [0.1, 0.15) is 18.4 Å². The van der Waals surface area contributed by atoms with Gasteiger partial charge in [0.1, 0.15) is 18.1 Å². The Bertz CT molecular complexity index is 1000. The average Bonchev–Trinajstić information content (AvgIpc) is 2.79. The molecule has 31 heavy (non-hydrogen) atoms. The number of nitrogens with zero attached hydrogens (tertiary/aromatic N) is 1. The number of aryl methyl sites for hydroxylation is 1. The predicted molar refractivity (Wildman–Crippen MR) is 119 cm³/mol. The third kappa shape index (κ3) is 5.90. The van der Waals surface area contributed by atoms with E-state index in [0.717, 1.165) is 5.56 Å². The van der Waals surface area contributed by atoms with E-state index in [-0.39, 0.29) is 16.7 Å². The number of hydrogen-bond acceptors (Lipinski definition) is 5. The third-order valence-electron chi connectivity index (χ3n) is 5.34. The molecule has 1 saturated heterocycles. The predicted octanol–water partition coefficient (Wildman–Crippen LogP) is 3.25. The van der Waals surface area contributed by atoms with Crippen LogP contribution in [0.4, 0.5) is 0 Å². The Morgan fingerprint density at radius 2 is 1.77 bits per heavy atom. The first-order chi connectivity index (χ1) is 14.8. The fraction of sp³-hybridized carbons (Fsp3) is 0.409. The molecule has 0 radical (unpaired) electrons. The van der Waals surface area contributed by atoms with Crippen LogP contribution in [0.5, 0.6) is 11.5 Å². The van der Waals surface area contributed by atoms with Gasteiger partial charge in [-0.1, -0.05) is 17.7 Å². The van der Waals surface area contributed by atoms with E-state index in [1.165, 1.54) is 23.5 Å². The molecule has 0 bridgehead atoms. The van der Waals surface area contributed by atoms with Gasteiger partial charge in [0.25, 0.3) is 0 Å². The molecule has 7 nitrogen and oxygen atoms in total. The van der Waals surface area contributed by atoms with Crippen molar-refractivity contribution in [1.29, 1.82) is 0 Å². The first-order valence-corrected chi connectivity index (χ1v) is 11.9. The first-order valence-electron chi connectivity index (χ1n) is 10.1. The van der Waals surface area contributed by atoms with Gasteiger partial charge in [-0.25, -0.2) is 8.42 Å². The van der Waals surface area contributed by atoms with Crippen molar-refractivity contribution in [2.45, 2.75) is 24.7 Å². The van der Waals surface area contributed by atoms with Gasteiger partial charge in [-0.05, 0) is 61.7 Å².